The van der Waals surface area contributed by atoms with Crippen LogP contribution in [0.15, 0.2) is 23.2 Å². The molecule has 1 aromatic rings. The van der Waals surface area contributed by atoms with E-state index in [0.29, 0.717) is 18.3 Å². The SMILES string of the molecule is CCCCCC(C)NC(=NC)NCCc1ccc(OC)cc1O. The molecule has 23 heavy (non-hydrogen) atoms. The maximum absolute atomic E-state index is 9.96. The van der Waals surface area contributed by atoms with E-state index in [1.54, 1.807) is 20.2 Å². The number of hydrogen-bond donors (Lipinski definition) is 3. The van der Waals surface area contributed by atoms with Crippen LogP contribution in [0.25, 0.3) is 0 Å². The van der Waals surface area contributed by atoms with E-state index in [2.05, 4.69) is 29.5 Å². The van der Waals surface area contributed by atoms with Gasteiger partial charge in [0.25, 0.3) is 0 Å². The number of methoxy groups -OCH3 is 1. The lowest BCUT2D eigenvalue weighted by atomic mass is 10.1. The molecule has 0 aliphatic heterocycles. The highest BCUT2D eigenvalue weighted by Gasteiger charge is 2.06. The molecule has 1 aromatic carbocycles. The molecule has 5 nitrogen and oxygen atoms in total. The molecule has 0 fully saturated rings. The average Bonchev–Trinajstić information content (AvgIpc) is 2.55. The summed E-state index contributed by atoms with van der Waals surface area (Å²) in [6.07, 6.45) is 5.62. The van der Waals surface area contributed by atoms with Crippen LogP contribution in [-0.2, 0) is 6.42 Å². The van der Waals surface area contributed by atoms with E-state index in [1.807, 2.05) is 12.1 Å². The second-order valence-electron chi connectivity index (χ2n) is 5.78. The third-order valence-electron chi connectivity index (χ3n) is 3.83. The summed E-state index contributed by atoms with van der Waals surface area (Å²) in [7, 11) is 3.37. The smallest absolute Gasteiger partial charge is 0.191 e. The third-order valence-corrected chi connectivity index (χ3v) is 3.83. The Hall–Kier alpha value is -1.91. The van der Waals surface area contributed by atoms with E-state index < -0.39 is 0 Å². The van der Waals surface area contributed by atoms with Gasteiger partial charge >= 0.3 is 0 Å². The molecule has 0 aliphatic carbocycles. The summed E-state index contributed by atoms with van der Waals surface area (Å²) >= 11 is 0. The Morgan fingerprint density at radius 1 is 1.35 bits per heavy atom. The van der Waals surface area contributed by atoms with Crippen LogP contribution >= 0.6 is 0 Å². The number of phenols is 1. The number of nitrogens with zero attached hydrogens (tertiary/aromatic N) is 1. The number of guanidine groups is 1. The number of benzene rings is 1. The molecule has 1 atom stereocenters. The number of nitrogens with one attached hydrogen (secondary N) is 2. The van der Waals surface area contributed by atoms with Crippen molar-refractivity contribution in [1.82, 2.24) is 10.6 Å². The Kier molecular flexibility index (Phi) is 8.95. The molecule has 0 aromatic heterocycles. The van der Waals surface area contributed by atoms with Crippen molar-refractivity contribution < 1.29 is 9.84 Å². The van der Waals surface area contributed by atoms with Crippen molar-refractivity contribution in [3.63, 3.8) is 0 Å². The molecule has 0 saturated carbocycles. The monoisotopic (exact) mass is 321 g/mol. The van der Waals surface area contributed by atoms with Gasteiger partial charge in [-0.15, -0.1) is 0 Å². The lowest BCUT2D eigenvalue weighted by Crippen LogP contribution is -2.42. The largest absolute Gasteiger partial charge is 0.508 e. The van der Waals surface area contributed by atoms with Gasteiger partial charge in [0.05, 0.1) is 7.11 Å². The van der Waals surface area contributed by atoms with E-state index in [9.17, 15) is 5.11 Å². The lowest BCUT2D eigenvalue weighted by Gasteiger charge is -2.18. The van der Waals surface area contributed by atoms with Gasteiger partial charge in [-0.3, -0.25) is 4.99 Å². The Balaban J connectivity index is 2.37. The highest BCUT2D eigenvalue weighted by atomic mass is 16.5. The molecular weight excluding hydrogens is 290 g/mol. The molecular formula is C18H31N3O2. The second kappa shape index (κ2) is 10.8. The number of aliphatic imine (C=N–C) groups is 1. The topological polar surface area (TPSA) is 65.9 Å². The summed E-state index contributed by atoms with van der Waals surface area (Å²) in [6, 6.07) is 5.79. The van der Waals surface area contributed by atoms with Gasteiger partial charge in [0.2, 0.25) is 0 Å². The molecule has 0 radical (unpaired) electrons. The number of ether oxygens (including phenoxy) is 1. The minimum atomic E-state index is 0.266. The van der Waals surface area contributed by atoms with Crippen LogP contribution in [0.4, 0.5) is 0 Å². The zero-order chi connectivity index (χ0) is 17.1. The van der Waals surface area contributed by atoms with Crippen molar-refractivity contribution in [3.8, 4) is 11.5 Å². The molecule has 1 rings (SSSR count). The molecule has 0 amide bonds. The van der Waals surface area contributed by atoms with Gasteiger partial charge in [-0.2, -0.15) is 0 Å². The maximum Gasteiger partial charge on any atom is 0.191 e. The minimum Gasteiger partial charge on any atom is -0.508 e. The summed E-state index contributed by atoms with van der Waals surface area (Å²) < 4.78 is 5.09. The van der Waals surface area contributed by atoms with Crippen LogP contribution in [0.1, 0.15) is 45.1 Å². The molecule has 0 bridgehead atoms. The minimum absolute atomic E-state index is 0.266. The highest BCUT2D eigenvalue weighted by Crippen LogP contribution is 2.23. The molecule has 0 aliphatic rings. The van der Waals surface area contributed by atoms with Gasteiger partial charge in [-0.25, -0.2) is 0 Å². The number of aromatic hydroxyl groups is 1. The van der Waals surface area contributed by atoms with Gasteiger partial charge in [-0.1, -0.05) is 32.3 Å². The van der Waals surface area contributed by atoms with Crippen molar-refractivity contribution in [3.05, 3.63) is 23.8 Å². The molecule has 0 heterocycles. The predicted molar refractivity (Wildman–Crippen MR) is 96.5 cm³/mol. The number of phenolic OH excluding ortho intramolecular Hbond substituents is 1. The lowest BCUT2D eigenvalue weighted by molar-refractivity contribution is 0.406. The quantitative estimate of drug-likeness (QED) is 0.371. The summed E-state index contributed by atoms with van der Waals surface area (Å²) in [4.78, 5) is 4.25. The summed E-state index contributed by atoms with van der Waals surface area (Å²) in [5, 5.41) is 16.6. The Morgan fingerprint density at radius 3 is 2.74 bits per heavy atom. The molecule has 5 heteroatoms. The normalized spacial score (nSPS) is 12.8. The summed E-state index contributed by atoms with van der Waals surface area (Å²) in [5.74, 6) is 1.74. The fraction of sp³-hybridized carbons (Fsp3) is 0.611. The van der Waals surface area contributed by atoms with Crippen molar-refractivity contribution in [2.45, 2.75) is 52.0 Å². The van der Waals surface area contributed by atoms with Crippen molar-refractivity contribution >= 4 is 5.96 Å². The van der Waals surface area contributed by atoms with Crippen LogP contribution < -0.4 is 15.4 Å². The second-order valence-corrected chi connectivity index (χ2v) is 5.78. The Labute approximate surface area is 140 Å². The van der Waals surface area contributed by atoms with Gasteiger partial charge in [0, 0.05) is 25.7 Å². The number of rotatable bonds is 9. The summed E-state index contributed by atoms with van der Waals surface area (Å²) in [5.41, 5.74) is 0.893. The van der Waals surface area contributed by atoms with E-state index >= 15 is 0 Å². The van der Waals surface area contributed by atoms with Crippen molar-refractivity contribution in [1.29, 1.82) is 0 Å². The van der Waals surface area contributed by atoms with Gasteiger partial charge in [-0.05, 0) is 31.4 Å². The molecule has 0 saturated heterocycles. The third kappa shape index (κ3) is 7.26. The first kappa shape index (κ1) is 19.1. The van der Waals surface area contributed by atoms with Gasteiger partial charge in [0.15, 0.2) is 5.96 Å². The summed E-state index contributed by atoms with van der Waals surface area (Å²) in [6.45, 7) is 5.10. The van der Waals surface area contributed by atoms with E-state index in [4.69, 9.17) is 4.74 Å². The van der Waals surface area contributed by atoms with E-state index in [0.717, 1.165) is 24.4 Å². The fourth-order valence-electron chi connectivity index (χ4n) is 2.40. The fourth-order valence-corrected chi connectivity index (χ4v) is 2.40. The first-order valence-corrected chi connectivity index (χ1v) is 8.43. The van der Waals surface area contributed by atoms with Crippen LogP contribution in [0, 0.1) is 0 Å². The van der Waals surface area contributed by atoms with E-state index in [1.165, 1.54) is 19.3 Å². The first-order valence-electron chi connectivity index (χ1n) is 8.43. The highest BCUT2D eigenvalue weighted by molar-refractivity contribution is 5.79. The Bertz CT molecular complexity index is 489. The zero-order valence-electron chi connectivity index (χ0n) is 14.9. The predicted octanol–water partition coefficient (Wildman–Crippen LogP) is 3.08. The van der Waals surface area contributed by atoms with Crippen LogP contribution in [-0.4, -0.2) is 37.8 Å². The number of unbranched alkanes of at least 4 members (excludes halogenated alkanes) is 2. The first-order chi connectivity index (χ1) is 11.1. The maximum atomic E-state index is 9.96. The standard InChI is InChI=1S/C18H31N3O2/c1-5-6-7-8-14(2)21-18(19-3)20-12-11-15-9-10-16(23-4)13-17(15)22/h9-10,13-14,22H,5-8,11-12H2,1-4H3,(H2,19,20,21). The number of hydrogen-bond acceptors (Lipinski definition) is 3. The van der Waals surface area contributed by atoms with Crippen LogP contribution in [0.3, 0.4) is 0 Å². The van der Waals surface area contributed by atoms with Crippen LogP contribution in [0.5, 0.6) is 11.5 Å². The van der Waals surface area contributed by atoms with Crippen molar-refractivity contribution in [2.24, 2.45) is 4.99 Å². The van der Waals surface area contributed by atoms with Crippen LogP contribution in [0.2, 0.25) is 0 Å². The van der Waals surface area contributed by atoms with Gasteiger partial charge < -0.3 is 20.5 Å². The van der Waals surface area contributed by atoms with Gasteiger partial charge in [0.1, 0.15) is 11.5 Å². The molecule has 130 valence electrons. The molecule has 0 spiro atoms. The molecule has 3 N–H and O–H groups in total. The Morgan fingerprint density at radius 2 is 2.13 bits per heavy atom. The zero-order valence-corrected chi connectivity index (χ0v) is 14.9. The van der Waals surface area contributed by atoms with E-state index in [-0.39, 0.29) is 5.75 Å². The van der Waals surface area contributed by atoms with Crippen molar-refractivity contribution in [2.75, 3.05) is 20.7 Å². The molecule has 1 unspecified atom stereocenters. The average molecular weight is 321 g/mol.